The van der Waals surface area contributed by atoms with Gasteiger partial charge in [0.05, 0.1) is 13.2 Å². The minimum Gasteiger partial charge on any atom is -0.493 e. The van der Waals surface area contributed by atoms with Crippen LogP contribution in [0.15, 0.2) is 78.9 Å². The van der Waals surface area contributed by atoms with Gasteiger partial charge in [-0.3, -0.25) is 9.59 Å². The highest BCUT2D eigenvalue weighted by atomic mass is 16.5. The number of anilines is 3. The number of nitrogens with one attached hydrogen (secondary N) is 3. The topological polar surface area (TPSA) is 79.5 Å². The summed E-state index contributed by atoms with van der Waals surface area (Å²) in [6.45, 7) is 2.11. The molecule has 0 aliphatic heterocycles. The molecule has 6 nitrogen and oxygen atoms in total. The van der Waals surface area contributed by atoms with E-state index >= 15 is 0 Å². The molecule has 154 valence electrons. The molecular formula is C24H25N3O3. The van der Waals surface area contributed by atoms with Gasteiger partial charge in [-0.25, -0.2) is 0 Å². The maximum Gasteiger partial charge on any atom is 0.243 e. The molecule has 6 heteroatoms. The van der Waals surface area contributed by atoms with Crippen LogP contribution in [0.4, 0.5) is 17.1 Å². The lowest BCUT2D eigenvalue weighted by molar-refractivity contribution is -0.115. The van der Waals surface area contributed by atoms with Crippen molar-refractivity contribution in [1.82, 2.24) is 0 Å². The fraction of sp³-hybridized carbons (Fsp3) is 0.167. The number of carbonyl (C=O) groups excluding carboxylic acids is 2. The van der Waals surface area contributed by atoms with Crippen molar-refractivity contribution < 1.29 is 14.3 Å². The number of ether oxygens (including phenoxy) is 1. The zero-order valence-corrected chi connectivity index (χ0v) is 16.9. The average Bonchev–Trinajstić information content (AvgIpc) is 2.73. The van der Waals surface area contributed by atoms with E-state index in [1.54, 1.807) is 18.2 Å². The Kier molecular flexibility index (Phi) is 7.44. The van der Waals surface area contributed by atoms with Crippen LogP contribution in [-0.4, -0.2) is 25.0 Å². The second kappa shape index (κ2) is 10.7. The summed E-state index contributed by atoms with van der Waals surface area (Å²) in [5.74, 6) is 0.386. The minimum absolute atomic E-state index is 0.0998. The molecule has 0 aromatic heterocycles. The van der Waals surface area contributed by atoms with E-state index in [1.807, 2.05) is 48.5 Å². The summed E-state index contributed by atoms with van der Waals surface area (Å²) in [7, 11) is 0. The molecule has 3 aromatic rings. The quantitative estimate of drug-likeness (QED) is 0.497. The predicted molar refractivity (Wildman–Crippen MR) is 120 cm³/mol. The third-order valence-corrected chi connectivity index (χ3v) is 4.26. The zero-order valence-electron chi connectivity index (χ0n) is 16.9. The van der Waals surface area contributed by atoms with Crippen LogP contribution < -0.4 is 20.7 Å². The van der Waals surface area contributed by atoms with E-state index < -0.39 is 0 Å². The maximum absolute atomic E-state index is 12.3. The molecule has 0 unspecified atom stereocenters. The molecule has 3 aromatic carbocycles. The van der Waals surface area contributed by atoms with Crippen LogP contribution in [0.5, 0.6) is 5.75 Å². The SMILES string of the molecule is CC(=O)Nc1cccc(NCC(=O)Nc2cccc(OCCc3ccccc3)c2)c1. The first-order valence-corrected chi connectivity index (χ1v) is 9.77. The normalized spacial score (nSPS) is 10.2. The highest BCUT2D eigenvalue weighted by Crippen LogP contribution is 2.18. The van der Waals surface area contributed by atoms with Crippen molar-refractivity contribution in [3.8, 4) is 5.75 Å². The summed E-state index contributed by atoms with van der Waals surface area (Å²) in [6, 6.07) is 24.7. The van der Waals surface area contributed by atoms with Gasteiger partial charge in [-0.2, -0.15) is 0 Å². The van der Waals surface area contributed by atoms with Gasteiger partial charge in [-0.05, 0) is 35.9 Å². The lowest BCUT2D eigenvalue weighted by atomic mass is 10.2. The fourth-order valence-electron chi connectivity index (χ4n) is 2.89. The Balaban J connectivity index is 1.47. The lowest BCUT2D eigenvalue weighted by Crippen LogP contribution is -2.21. The summed E-state index contributed by atoms with van der Waals surface area (Å²) in [4.78, 5) is 23.4. The monoisotopic (exact) mass is 403 g/mol. The van der Waals surface area contributed by atoms with Crippen molar-refractivity contribution >= 4 is 28.9 Å². The Morgan fingerprint density at radius 3 is 2.27 bits per heavy atom. The lowest BCUT2D eigenvalue weighted by Gasteiger charge is -2.11. The molecule has 0 radical (unpaired) electrons. The van der Waals surface area contributed by atoms with Crippen molar-refractivity contribution in [3.05, 3.63) is 84.4 Å². The van der Waals surface area contributed by atoms with E-state index in [2.05, 4.69) is 28.1 Å². The molecule has 0 aliphatic carbocycles. The van der Waals surface area contributed by atoms with Crippen LogP contribution in [0.1, 0.15) is 12.5 Å². The average molecular weight is 403 g/mol. The second-order valence-corrected chi connectivity index (χ2v) is 6.78. The van der Waals surface area contributed by atoms with Gasteiger partial charge in [-0.15, -0.1) is 0 Å². The number of amides is 2. The molecule has 30 heavy (non-hydrogen) atoms. The molecule has 0 bridgehead atoms. The van der Waals surface area contributed by atoms with Crippen LogP contribution in [0.3, 0.4) is 0 Å². The first-order valence-electron chi connectivity index (χ1n) is 9.77. The van der Waals surface area contributed by atoms with E-state index in [0.29, 0.717) is 23.7 Å². The van der Waals surface area contributed by atoms with Gasteiger partial charge in [0.1, 0.15) is 5.75 Å². The van der Waals surface area contributed by atoms with Crippen molar-refractivity contribution in [2.24, 2.45) is 0 Å². The van der Waals surface area contributed by atoms with Gasteiger partial charge in [0.2, 0.25) is 11.8 Å². The van der Waals surface area contributed by atoms with Crippen molar-refractivity contribution in [2.75, 3.05) is 29.1 Å². The standard InChI is InChI=1S/C24H25N3O3/c1-18(28)26-21-10-5-9-20(15-21)25-17-24(29)27-22-11-6-12-23(16-22)30-14-13-19-7-3-2-4-8-19/h2-12,15-16,25H,13-14,17H2,1H3,(H,26,28)(H,27,29). The van der Waals surface area contributed by atoms with Crippen LogP contribution in [0.2, 0.25) is 0 Å². The summed E-state index contributed by atoms with van der Waals surface area (Å²) < 4.78 is 5.80. The minimum atomic E-state index is -0.179. The molecule has 0 heterocycles. The molecule has 0 aliphatic rings. The maximum atomic E-state index is 12.3. The largest absolute Gasteiger partial charge is 0.493 e. The van der Waals surface area contributed by atoms with Crippen molar-refractivity contribution in [2.45, 2.75) is 13.3 Å². The molecule has 0 fully saturated rings. The Labute approximate surface area is 176 Å². The summed E-state index contributed by atoms with van der Waals surface area (Å²) in [5.41, 5.74) is 3.31. The Morgan fingerprint density at radius 2 is 1.50 bits per heavy atom. The van der Waals surface area contributed by atoms with Crippen molar-refractivity contribution in [3.63, 3.8) is 0 Å². The molecule has 0 spiro atoms. The molecule has 3 N–H and O–H groups in total. The van der Waals surface area contributed by atoms with Gasteiger partial charge in [0.15, 0.2) is 0 Å². The molecule has 0 atom stereocenters. The van der Waals surface area contributed by atoms with Gasteiger partial charge in [0, 0.05) is 36.5 Å². The second-order valence-electron chi connectivity index (χ2n) is 6.78. The third kappa shape index (κ3) is 6.98. The number of hydrogen-bond donors (Lipinski definition) is 3. The summed E-state index contributed by atoms with van der Waals surface area (Å²) in [5, 5.41) is 8.62. The highest BCUT2D eigenvalue weighted by Gasteiger charge is 2.05. The smallest absolute Gasteiger partial charge is 0.243 e. The van der Waals surface area contributed by atoms with E-state index in [9.17, 15) is 9.59 Å². The first kappa shape index (κ1) is 20.9. The van der Waals surface area contributed by atoms with Crippen molar-refractivity contribution in [1.29, 1.82) is 0 Å². The molecule has 0 saturated heterocycles. The number of carbonyl (C=O) groups is 2. The van der Waals surface area contributed by atoms with Crippen LogP contribution in [0.25, 0.3) is 0 Å². The predicted octanol–water partition coefficient (Wildman–Crippen LogP) is 4.32. The highest BCUT2D eigenvalue weighted by molar-refractivity contribution is 5.94. The van der Waals surface area contributed by atoms with E-state index in [0.717, 1.165) is 12.1 Å². The zero-order chi connectivity index (χ0) is 21.2. The van der Waals surface area contributed by atoms with E-state index in [4.69, 9.17) is 4.74 Å². The van der Waals surface area contributed by atoms with E-state index in [1.165, 1.54) is 12.5 Å². The Hall–Kier alpha value is -3.80. The number of hydrogen-bond acceptors (Lipinski definition) is 4. The fourth-order valence-corrected chi connectivity index (χ4v) is 2.89. The Bertz CT molecular complexity index is 990. The van der Waals surface area contributed by atoms with Gasteiger partial charge in [0.25, 0.3) is 0 Å². The molecule has 3 rings (SSSR count). The van der Waals surface area contributed by atoms with Gasteiger partial charge >= 0.3 is 0 Å². The third-order valence-electron chi connectivity index (χ3n) is 4.26. The summed E-state index contributed by atoms with van der Waals surface area (Å²) in [6.07, 6.45) is 0.818. The molecule has 0 saturated carbocycles. The van der Waals surface area contributed by atoms with Gasteiger partial charge in [-0.1, -0.05) is 42.5 Å². The molecular weight excluding hydrogens is 378 g/mol. The van der Waals surface area contributed by atoms with Crippen LogP contribution in [-0.2, 0) is 16.0 Å². The van der Waals surface area contributed by atoms with Gasteiger partial charge < -0.3 is 20.7 Å². The van der Waals surface area contributed by atoms with Crippen LogP contribution >= 0.6 is 0 Å². The number of benzene rings is 3. The Morgan fingerprint density at radius 1 is 0.800 bits per heavy atom. The first-order chi connectivity index (χ1) is 14.6. The van der Waals surface area contributed by atoms with Crippen LogP contribution in [0, 0.1) is 0 Å². The van der Waals surface area contributed by atoms with E-state index in [-0.39, 0.29) is 18.4 Å². The summed E-state index contributed by atoms with van der Waals surface area (Å²) >= 11 is 0. The number of rotatable bonds is 9. The molecule has 2 amide bonds.